The van der Waals surface area contributed by atoms with Gasteiger partial charge in [-0.3, -0.25) is 9.69 Å². The number of hydrogen-bond donors (Lipinski definition) is 1. The zero-order valence-electron chi connectivity index (χ0n) is 14.6. The Balaban J connectivity index is 0.000000279. The van der Waals surface area contributed by atoms with Crippen LogP contribution in [0.4, 0.5) is 13.2 Å². The summed E-state index contributed by atoms with van der Waals surface area (Å²) >= 11 is 3.31. The van der Waals surface area contributed by atoms with E-state index in [1.54, 1.807) is 5.51 Å². The molecule has 2 fully saturated rings. The number of alkyl halides is 3. The molecule has 4 rings (SSSR count). The van der Waals surface area contributed by atoms with Crippen molar-refractivity contribution in [1.82, 2.24) is 14.8 Å². The van der Waals surface area contributed by atoms with Gasteiger partial charge in [-0.25, -0.2) is 9.78 Å². The Morgan fingerprint density at radius 2 is 1.86 bits per heavy atom. The SMILES string of the molecule is O=C(O)C(F)(F)F.O=C(c1cscn1)N1CC2CN(Cc3cccs3)CC2C1. The summed E-state index contributed by atoms with van der Waals surface area (Å²) in [4.78, 5) is 31.3. The van der Waals surface area contributed by atoms with Crippen molar-refractivity contribution in [3.05, 3.63) is 39.0 Å². The number of halogens is 3. The van der Waals surface area contributed by atoms with Gasteiger partial charge >= 0.3 is 12.1 Å². The number of thiazole rings is 1. The van der Waals surface area contributed by atoms with Crippen molar-refractivity contribution in [2.75, 3.05) is 26.2 Å². The van der Waals surface area contributed by atoms with E-state index in [0.717, 1.165) is 32.7 Å². The molecule has 2 atom stereocenters. The minimum absolute atomic E-state index is 0.107. The summed E-state index contributed by atoms with van der Waals surface area (Å²) in [6.45, 7) is 5.07. The van der Waals surface area contributed by atoms with Crippen LogP contribution in [0, 0.1) is 11.8 Å². The van der Waals surface area contributed by atoms with Crippen LogP contribution in [0.5, 0.6) is 0 Å². The van der Waals surface area contributed by atoms with Crippen LogP contribution in [0.25, 0.3) is 0 Å². The molecule has 4 heterocycles. The van der Waals surface area contributed by atoms with Gasteiger partial charge in [-0.15, -0.1) is 22.7 Å². The van der Waals surface area contributed by atoms with Crippen molar-refractivity contribution < 1.29 is 27.9 Å². The molecule has 6 nitrogen and oxygen atoms in total. The molecule has 2 aromatic heterocycles. The van der Waals surface area contributed by atoms with Crippen molar-refractivity contribution in [2.24, 2.45) is 11.8 Å². The quantitative estimate of drug-likeness (QED) is 0.806. The summed E-state index contributed by atoms with van der Waals surface area (Å²) in [6, 6.07) is 4.32. The fraction of sp³-hybridized carbons (Fsp3) is 0.471. The van der Waals surface area contributed by atoms with Crippen LogP contribution in [0.3, 0.4) is 0 Å². The zero-order chi connectivity index (χ0) is 20.3. The molecule has 11 heteroatoms. The van der Waals surface area contributed by atoms with Gasteiger partial charge in [0, 0.05) is 43.0 Å². The number of aromatic nitrogens is 1. The molecule has 0 bridgehead atoms. The number of nitrogens with zero attached hydrogens (tertiary/aromatic N) is 3. The number of amides is 1. The molecule has 152 valence electrons. The number of hydrogen-bond acceptors (Lipinski definition) is 6. The lowest BCUT2D eigenvalue weighted by molar-refractivity contribution is -0.192. The number of carbonyl (C=O) groups is 2. The van der Waals surface area contributed by atoms with Crippen LogP contribution < -0.4 is 0 Å². The molecule has 2 aromatic rings. The van der Waals surface area contributed by atoms with Gasteiger partial charge in [-0.1, -0.05) is 6.07 Å². The van der Waals surface area contributed by atoms with Gasteiger partial charge in [-0.2, -0.15) is 13.2 Å². The Bertz CT molecular complexity index is 782. The normalized spacial score (nSPS) is 21.9. The van der Waals surface area contributed by atoms with Crippen LogP contribution in [0.2, 0.25) is 0 Å². The van der Waals surface area contributed by atoms with E-state index >= 15 is 0 Å². The minimum Gasteiger partial charge on any atom is -0.475 e. The van der Waals surface area contributed by atoms with E-state index in [4.69, 9.17) is 9.90 Å². The summed E-state index contributed by atoms with van der Waals surface area (Å²) in [7, 11) is 0. The average Bonchev–Trinajstić information content (AvgIpc) is 3.39. The average molecular weight is 433 g/mol. The van der Waals surface area contributed by atoms with Crippen LogP contribution in [-0.2, 0) is 11.3 Å². The second-order valence-electron chi connectivity index (χ2n) is 6.68. The van der Waals surface area contributed by atoms with Crippen molar-refractivity contribution in [1.29, 1.82) is 0 Å². The van der Waals surface area contributed by atoms with Gasteiger partial charge in [-0.05, 0) is 23.3 Å². The zero-order valence-corrected chi connectivity index (χ0v) is 16.3. The van der Waals surface area contributed by atoms with E-state index in [1.165, 1.54) is 16.2 Å². The fourth-order valence-corrected chi connectivity index (χ4v) is 4.76. The van der Waals surface area contributed by atoms with Crippen molar-refractivity contribution in [2.45, 2.75) is 12.7 Å². The second-order valence-corrected chi connectivity index (χ2v) is 8.43. The van der Waals surface area contributed by atoms with Gasteiger partial charge in [0.2, 0.25) is 0 Å². The molecule has 0 radical (unpaired) electrons. The standard InChI is InChI=1S/C15H17N3OS2.C2HF3O2/c19-15(14-9-20-10-16-14)18-6-11-4-17(5-12(11)7-18)8-13-2-1-3-21-13;3-2(4,5)1(6)7/h1-3,9-12H,4-8H2;(H,6,7). The third-order valence-corrected chi connectivity index (χ3v) is 6.15. The minimum atomic E-state index is -5.08. The van der Waals surface area contributed by atoms with E-state index in [-0.39, 0.29) is 5.91 Å². The van der Waals surface area contributed by atoms with Gasteiger partial charge < -0.3 is 10.0 Å². The van der Waals surface area contributed by atoms with Crippen molar-refractivity contribution >= 4 is 34.6 Å². The number of fused-ring (bicyclic) bond motifs is 1. The smallest absolute Gasteiger partial charge is 0.475 e. The molecular formula is C17H18F3N3O3S2. The number of thiophene rings is 1. The maximum Gasteiger partial charge on any atom is 0.490 e. The van der Waals surface area contributed by atoms with Crippen molar-refractivity contribution in [3.8, 4) is 0 Å². The van der Waals surface area contributed by atoms with Crippen LogP contribution in [0.1, 0.15) is 15.4 Å². The Kier molecular flexibility index (Phi) is 6.36. The molecule has 2 unspecified atom stereocenters. The molecule has 0 aliphatic carbocycles. The summed E-state index contributed by atoms with van der Waals surface area (Å²) in [6.07, 6.45) is -5.08. The molecule has 0 aromatic carbocycles. The lowest BCUT2D eigenvalue weighted by Crippen LogP contribution is -2.33. The first kappa shape index (κ1) is 20.7. The largest absolute Gasteiger partial charge is 0.490 e. The molecule has 0 saturated carbocycles. The monoisotopic (exact) mass is 433 g/mol. The molecule has 2 saturated heterocycles. The number of carboxylic acid groups (broad SMARTS) is 1. The number of likely N-dealkylation sites (tertiary alicyclic amines) is 2. The highest BCUT2D eigenvalue weighted by Crippen LogP contribution is 2.33. The first-order valence-electron chi connectivity index (χ1n) is 8.46. The fourth-order valence-electron chi connectivity index (χ4n) is 3.49. The van der Waals surface area contributed by atoms with Crippen LogP contribution >= 0.6 is 22.7 Å². The summed E-state index contributed by atoms with van der Waals surface area (Å²) in [5.41, 5.74) is 2.34. The maximum absolute atomic E-state index is 12.3. The highest BCUT2D eigenvalue weighted by Gasteiger charge is 2.42. The number of carboxylic acids is 1. The lowest BCUT2D eigenvalue weighted by atomic mass is 10.0. The van der Waals surface area contributed by atoms with E-state index in [9.17, 15) is 18.0 Å². The number of rotatable bonds is 3. The predicted octanol–water partition coefficient (Wildman–Crippen LogP) is 3.04. The van der Waals surface area contributed by atoms with E-state index in [2.05, 4.69) is 27.4 Å². The van der Waals surface area contributed by atoms with Gasteiger partial charge in [0.05, 0.1) is 5.51 Å². The van der Waals surface area contributed by atoms with Gasteiger partial charge in [0.1, 0.15) is 5.69 Å². The van der Waals surface area contributed by atoms with Crippen LogP contribution in [0.15, 0.2) is 28.4 Å². The Hall–Kier alpha value is -1.98. The van der Waals surface area contributed by atoms with Crippen molar-refractivity contribution in [3.63, 3.8) is 0 Å². The first-order chi connectivity index (χ1) is 13.2. The second kappa shape index (κ2) is 8.58. The molecule has 2 aliphatic rings. The lowest BCUT2D eigenvalue weighted by Gasteiger charge is -2.20. The molecule has 0 spiro atoms. The third-order valence-electron chi connectivity index (χ3n) is 4.70. The van der Waals surface area contributed by atoms with E-state index in [0.29, 0.717) is 17.5 Å². The Labute approximate surface area is 167 Å². The Morgan fingerprint density at radius 1 is 1.21 bits per heavy atom. The topological polar surface area (TPSA) is 73.7 Å². The number of carbonyl (C=O) groups excluding carboxylic acids is 1. The molecule has 1 N–H and O–H groups in total. The highest BCUT2D eigenvalue weighted by molar-refractivity contribution is 7.09. The van der Waals surface area contributed by atoms with E-state index in [1.807, 2.05) is 21.6 Å². The summed E-state index contributed by atoms with van der Waals surface area (Å²) in [5, 5.41) is 11.1. The molecule has 2 aliphatic heterocycles. The third kappa shape index (κ3) is 5.09. The van der Waals surface area contributed by atoms with E-state index < -0.39 is 12.1 Å². The molecule has 28 heavy (non-hydrogen) atoms. The highest BCUT2D eigenvalue weighted by atomic mass is 32.1. The summed E-state index contributed by atoms with van der Waals surface area (Å²) in [5.74, 6) is -1.39. The summed E-state index contributed by atoms with van der Waals surface area (Å²) < 4.78 is 31.7. The maximum atomic E-state index is 12.3. The van der Waals surface area contributed by atoms with Gasteiger partial charge in [0.25, 0.3) is 5.91 Å². The van der Waals surface area contributed by atoms with Crippen LogP contribution in [-0.4, -0.2) is 64.1 Å². The number of aliphatic carboxylic acids is 1. The Morgan fingerprint density at radius 3 is 2.32 bits per heavy atom. The molecule has 1 amide bonds. The predicted molar refractivity (Wildman–Crippen MR) is 98.3 cm³/mol. The first-order valence-corrected chi connectivity index (χ1v) is 10.3. The molecular weight excluding hydrogens is 415 g/mol. The van der Waals surface area contributed by atoms with Gasteiger partial charge in [0.15, 0.2) is 0 Å².